The zero-order valence-electron chi connectivity index (χ0n) is 13.2. The molecule has 120 valence electrons. The number of ether oxygens (including phenoxy) is 1. The lowest BCUT2D eigenvalue weighted by molar-refractivity contribution is -0.129. The molecular weight excluding hydrogens is 298 g/mol. The summed E-state index contributed by atoms with van der Waals surface area (Å²) in [6.45, 7) is 3.85. The van der Waals surface area contributed by atoms with Crippen molar-refractivity contribution in [1.82, 2.24) is 5.32 Å². The van der Waals surface area contributed by atoms with Gasteiger partial charge < -0.3 is 10.1 Å². The fraction of sp³-hybridized carbons (Fsp3) is 0.647. The van der Waals surface area contributed by atoms with Gasteiger partial charge >= 0.3 is 5.97 Å². The summed E-state index contributed by atoms with van der Waals surface area (Å²) in [5.41, 5.74) is 1.30. The molecule has 3 rings (SSSR count). The molecule has 5 heteroatoms. The summed E-state index contributed by atoms with van der Waals surface area (Å²) in [7, 11) is 0. The monoisotopic (exact) mass is 321 g/mol. The van der Waals surface area contributed by atoms with Gasteiger partial charge in [-0.1, -0.05) is 13.3 Å². The molecule has 2 atom stereocenters. The van der Waals surface area contributed by atoms with E-state index in [1.54, 1.807) is 6.92 Å². The predicted octanol–water partition coefficient (Wildman–Crippen LogP) is 3.09. The Hall–Kier alpha value is -1.36. The molecule has 0 aliphatic heterocycles. The summed E-state index contributed by atoms with van der Waals surface area (Å²) in [5.74, 6) is 0.170. The predicted molar refractivity (Wildman–Crippen MR) is 86.2 cm³/mol. The van der Waals surface area contributed by atoms with Crippen LogP contribution in [0.25, 0.3) is 0 Å². The average Bonchev–Trinajstić information content (AvgIpc) is 3.21. The van der Waals surface area contributed by atoms with Crippen LogP contribution >= 0.6 is 11.3 Å². The van der Waals surface area contributed by atoms with Crippen LogP contribution in [0.4, 0.5) is 0 Å². The highest BCUT2D eigenvalue weighted by Gasteiger charge is 2.28. The molecule has 0 bridgehead atoms. The highest BCUT2D eigenvalue weighted by molar-refractivity contribution is 7.14. The molecule has 0 saturated heterocycles. The van der Waals surface area contributed by atoms with Crippen LogP contribution < -0.4 is 5.32 Å². The summed E-state index contributed by atoms with van der Waals surface area (Å²) in [4.78, 5) is 26.0. The second-order valence-electron chi connectivity index (χ2n) is 6.41. The van der Waals surface area contributed by atoms with Gasteiger partial charge in [0.05, 0.1) is 0 Å². The molecule has 1 amide bonds. The number of rotatable bonds is 5. The maximum Gasteiger partial charge on any atom is 0.349 e. The largest absolute Gasteiger partial charge is 0.448 e. The minimum Gasteiger partial charge on any atom is -0.448 e. The van der Waals surface area contributed by atoms with Crippen LogP contribution in [-0.2, 0) is 22.4 Å². The van der Waals surface area contributed by atoms with E-state index in [4.69, 9.17) is 4.74 Å². The van der Waals surface area contributed by atoms with Crippen LogP contribution in [0.5, 0.6) is 0 Å². The molecule has 1 saturated carbocycles. The van der Waals surface area contributed by atoms with Crippen LogP contribution in [-0.4, -0.2) is 24.0 Å². The fourth-order valence-corrected chi connectivity index (χ4v) is 3.96. The van der Waals surface area contributed by atoms with Crippen molar-refractivity contribution in [3.05, 3.63) is 21.4 Å². The Balaban J connectivity index is 1.60. The zero-order valence-corrected chi connectivity index (χ0v) is 14.0. The quantitative estimate of drug-likeness (QED) is 0.848. The molecule has 0 unspecified atom stereocenters. The van der Waals surface area contributed by atoms with Crippen molar-refractivity contribution < 1.29 is 14.3 Å². The zero-order chi connectivity index (χ0) is 15.7. The minimum absolute atomic E-state index is 0.191. The Morgan fingerprint density at radius 3 is 2.86 bits per heavy atom. The number of hydrogen-bond donors (Lipinski definition) is 1. The normalized spacial score (nSPS) is 21.8. The van der Waals surface area contributed by atoms with Crippen LogP contribution in [0.15, 0.2) is 6.07 Å². The maximum absolute atomic E-state index is 12.2. The van der Waals surface area contributed by atoms with Crippen molar-refractivity contribution in [3.63, 3.8) is 0 Å². The van der Waals surface area contributed by atoms with E-state index in [2.05, 4.69) is 12.2 Å². The van der Waals surface area contributed by atoms with E-state index in [-0.39, 0.29) is 17.9 Å². The molecule has 0 spiro atoms. The number of amides is 1. The van der Waals surface area contributed by atoms with Crippen molar-refractivity contribution in [2.45, 2.75) is 64.5 Å². The van der Waals surface area contributed by atoms with E-state index in [0.29, 0.717) is 4.88 Å². The first-order valence-electron chi connectivity index (χ1n) is 8.19. The molecule has 4 nitrogen and oxygen atoms in total. The van der Waals surface area contributed by atoms with Gasteiger partial charge in [-0.15, -0.1) is 11.3 Å². The van der Waals surface area contributed by atoms with Crippen LogP contribution in [0, 0.1) is 5.92 Å². The van der Waals surface area contributed by atoms with Crippen molar-refractivity contribution in [2.24, 2.45) is 5.92 Å². The number of thiophene rings is 1. The summed E-state index contributed by atoms with van der Waals surface area (Å²) in [6.07, 6.45) is 5.85. The van der Waals surface area contributed by atoms with Gasteiger partial charge in [0, 0.05) is 10.9 Å². The van der Waals surface area contributed by atoms with Gasteiger partial charge in [0.15, 0.2) is 6.10 Å². The first-order valence-corrected chi connectivity index (χ1v) is 9.01. The first kappa shape index (κ1) is 15.5. The number of nitrogens with one attached hydrogen (secondary N) is 1. The summed E-state index contributed by atoms with van der Waals surface area (Å²) >= 11 is 1.53. The van der Waals surface area contributed by atoms with Crippen molar-refractivity contribution >= 4 is 23.2 Å². The van der Waals surface area contributed by atoms with Crippen molar-refractivity contribution in [1.29, 1.82) is 0 Å². The second kappa shape index (κ2) is 6.41. The van der Waals surface area contributed by atoms with Gasteiger partial charge in [-0.25, -0.2) is 4.79 Å². The molecule has 1 aromatic heterocycles. The lowest BCUT2D eigenvalue weighted by atomic mass is 9.87. The Morgan fingerprint density at radius 2 is 2.18 bits per heavy atom. The molecular formula is C17H23NO3S. The highest BCUT2D eigenvalue weighted by atomic mass is 32.1. The Morgan fingerprint density at radius 1 is 1.41 bits per heavy atom. The number of fused-ring (bicyclic) bond motifs is 1. The molecule has 0 aromatic carbocycles. The van der Waals surface area contributed by atoms with E-state index in [1.165, 1.54) is 34.6 Å². The van der Waals surface area contributed by atoms with E-state index in [9.17, 15) is 9.59 Å². The van der Waals surface area contributed by atoms with Gasteiger partial charge in [-0.05, 0) is 56.6 Å². The Bertz CT molecular complexity index is 576. The van der Waals surface area contributed by atoms with E-state index >= 15 is 0 Å². The van der Waals surface area contributed by atoms with E-state index in [1.807, 2.05) is 6.07 Å². The number of carbonyl (C=O) groups excluding carboxylic acids is 2. The summed E-state index contributed by atoms with van der Waals surface area (Å²) in [5, 5.41) is 2.86. The van der Waals surface area contributed by atoms with Crippen LogP contribution in [0.2, 0.25) is 0 Å². The Kier molecular flexibility index (Phi) is 4.52. The van der Waals surface area contributed by atoms with Crippen LogP contribution in [0.3, 0.4) is 0 Å². The fourth-order valence-electron chi connectivity index (χ4n) is 2.87. The van der Waals surface area contributed by atoms with Crippen molar-refractivity contribution in [2.75, 3.05) is 0 Å². The number of carbonyl (C=O) groups is 2. The molecule has 1 heterocycles. The molecule has 1 aromatic rings. The van der Waals surface area contributed by atoms with Crippen LogP contribution in [0.1, 0.15) is 59.6 Å². The number of hydrogen-bond acceptors (Lipinski definition) is 4. The molecule has 2 aliphatic rings. The maximum atomic E-state index is 12.2. The molecule has 22 heavy (non-hydrogen) atoms. The lowest BCUT2D eigenvalue weighted by Crippen LogP contribution is -2.36. The average molecular weight is 321 g/mol. The third kappa shape index (κ3) is 3.51. The van der Waals surface area contributed by atoms with E-state index in [0.717, 1.165) is 31.6 Å². The molecule has 1 fully saturated rings. The third-order valence-corrected chi connectivity index (χ3v) is 5.76. The third-order valence-electron chi connectivity index (χ3n) is 4.54. The highest BCUT2D eigenvalue weighted by Crippen LogP contribution is 2.33. The SMILES string of the molecule is CC[C@@H]1CCc2sc(C(=O)O[C@H](C)C(=O)NC3CC3)cc2C1. The van der Waals surface area contributed by atoms with Gasteiger partial charge in [0.25, 0.3) is 5.91 Å². The second-order valence-corrected chi connectivity index (χ2v) is 7.54. The standard InChI is InChI=1S/C17H23NO3S/c1-3-11-4-7-14-12(8-11)9-15(22-14)17(20)21-10(2)16(19)18-13-5-6-13/h9-11,13H,3-8H2,1-2H3,(H,18,19)/t10-,11-/m1/s1. The molecule has 0 radical (unpaired) electrons. The number of esters is 1. The van der Waals surface area contributed by atoms with Crippen molar-refractivity contribution in [3.8, 4) is 0 Å². The topological polar surface area (TPSA) is 55.4 Å². The lowest BCUT2D eigenvalue weighted by Gasteiger charge is -2.19. The van der Waals surface area contributed by atoms with Gasteiger partial charge in [-0.3, -0.25) is 4.79 Å². The summed E-state index contributed by atoms with van der Waals surface area (Å²) < 4.78 is 5.32. The van der Waals surface area contributed by atoms with E-state index < -0.39 is 6.10 Å². The van der Waals surface area contributed by atoms with Gasteiger partial charge in [-0.2, -0.15) is 0 Å². The summed E-state index contributed by atoms with van der Waals surface area (Å²) in [6, 6.07) is 2.25. The molecule has 2 aliphatic carbocycles. The van der Waals surface area contributed by atoms with Gasteiger partial charge in [0.2, 0.25) is 0 Å². The Labute approximate surface area is 135 Å². The van der Waals surface area contributed by atoms with Gasteiger partial charge in [0.1, 0.15) is 4.88 Å². The smallest absolute Gasteiger partial charge is 0.349 e. The first-order chi connectivity index (χ1) is 10.6. The minimum atomic E-state index is -0.726. The molecule has 1 N–H and O–H groups in total. The number of aryl methyl sites for hydroxylation is 1.